The number of halogens is 1. The van der Waals surface area contributed by atoms with Crippen LogP contribution in [0.2, 0.25) is 0 Å². The van der Waals surface area contributed by atoms with Crippen molar-refractivity contribution in [2.75, 3.05) is 6.54 Å². The summed E-state index contributed by atoms with van der Waals surface area (Å²) in [5, 5.41) is 0. The first kappa shape index (κ1) is 11.9. The number of aryl methyl sites for hydroxylation is 1. The molecule has 82 valence electrons. The molecule has 15 heavy (non-hydrogen) atoms. The number of ketones is 1. The van der Waals surface area contributed by atoms with Gasteiger partial charge in [-0.15, -0.1) is 0 Å². The summed E-state index contributed by atoms with van der Waals surface area (Å²) in [5.41, 5.74) is 7.04. The first-order valence-corrected chi connectivity index (χ1v) is 5.10. The Bertz CT molecular complexity index is 349. The average molecular weight is 209 g/mol. The molecule has 1 aromatic carbocycles. The van der Waals surface area contributed by atoms with Gasteiger partial charge in [0.25, 0.3) is 0 Å². The normalized spacial score (nSPS) is 10.3. The van der Waals surface area contributed by atoms with E-state index in [0.29, 0.717) is 25.8 Å². The molecule has 0 radical (unpaired) electrons. The lowest BCUT2D eigenvalue weighted by atomic mass is 10.0. The number of rotatable bonds is 5. The standard InChI is InChI=1S/C12H16FNO/c1-9-4-5-11(13)7-10(9)8-12(15)3-2-6-14/h4-5,7H,2-3,6,8,14H2,1H3. The predicted octanol–water partition coefficient (Wildman–Crippen LogP) is 1.98. The molecular weight excluding hydrogens is 193 g/mol. The maximum absolute atomic E-state index is 12.9. The lowest BCUT2D eigenvalue weighted by molar-refractivity contribution is -0.118. The van der Waals surface area contributed by atoms with Crippen molar-refractivity contribution >= 4 is 5.78 Å². The maximum Gasteiger partial charge on any atom is 0.137 e. The van der Waals surface area contributed by atoms with Crippen molar-refractivity contribution in [3.63, 3.8) is 0 Å². The van der Waals surface area contributed by atoms with E-state index in [0.717, 1.165) is 11.1 Å². The molecule has 1 rings (SSSR count). The molecule has 2 N–H and O–H groups in total. The predicted molar refractivity (Wildman–Crippen MR) is 58.1 cm³/mol. The molecule has 0 bridgehead atoms. The van der Waals surface area contributed by atoms with Gasteiger partial charge in [-0.1, -0.05) is 6.07 Å². The maximum atomic E-state index is 12.9. The number of nitrogens with two attached hydrogens (primary N) is 1. The van der Waals surface area contributed by atoms with Crippen LogP contribution in [-0.4, -0.2) is 12.3 Å². The van der Waals surface area contributed by atoms with Crippen molar-refractivity contribution in [1.82, 2.24) is 0 Å². The Labute approximate surface area is 89.3 Å². The lowest BCUT2D eigenvalue weighted by Crippen LogP contribution is -2.08. The van der Waals surface area contributed by atoms with Gasteiger partial charge in [-0.05, 0) is 43.1 Å². The molecule has 0 saturated carbocycles. The van der Waals surface area contributed by atoms with Crippen LogP contribution in [0.5, 0.6) is 0 Å². The Morgan fingerprint density at radius 2 is 2.20 bits per heavy atom. The second kappa shape index (κ2) is 5.61. The Hall–Kier alpha value is -1.22. The lowest BCUT2D eigenvalue weighted by Gasteiger charge is -2.04. The molecule has 0 aliphatic carbocycles. The Morgan fingerprint density at radius 3 is 2.87 bits per heavy atom. The molecule has 0 saturated heterocycles. The number of hydrogen-bond donors (Lipinski definition) is 1. The van der Waals surface area contributed by atoms with Crippen LogP contribution in [0.15, 0.2) is 18.2 Å². The van der Waals surface area contributed by atoms with E-state index >= 15 is 0 Å². The van der Waals surface area contributed by atoms with E-state index in [1.54, 1.807) is 6.07 Å². The zero-order valence-electron chi connectivity index (χ0n) is 8.92. The van der Waals surface area contributed by atoms with Gasteiger partial charge in [0.15, 0.2) is 0 Å². The average Bonchev–Trinajstić information content (AvgIpc) is 2.20. The summed E-state index contributed by atoms with van der Waals surface area (Å²) in [5.74, 6) is -0.170. The molecule has 0 unspecified atom stereocenters. The molecule has 3 heteroatoms. The highest BCUT2D eigenvalue weighted by Gasteiger charge is 2.06. The third kappa shape index (κ3) is 3.80. The molecule has 0 spiro atoms. The summed E-state index contributed by atoms with van der Waals surface area (Å²) in [6.07, 6.45) is 1.49. The Balaban J connectivity index is 2.63. The zero-order chi connectivity index (χ0) is 11.3. The van der Waals surface area contributed by atoms with Crippen molar-refractivity contribution in [3.05, 3.63) is 35.1 Å². The summed E-state index contributed by atoms with van der Waals surface area (Å²) >= 11 is 0. The number of carbonyl (C=O) groups is 1. The minimum atomic E-state index is -0.290. The summed E-state index contributed by atoms with van der Waals surface area (Å²) in [6.45, 7) is 2.40. The largest absolute Gasteiger partial charge is 0.330 e. The third-order valence-electron chi connectivity index (χ3n) is 2.36. The van der Waals surface area contributed by atoms with Crippen LogP contribution < -0.4 is 5.73 Å². The van der Waals surface area contributed by atoms with Crippen LogP contribution in [0.1, 0.15) is 24.0 Å². The van der Waals surface area contributed by atoms with E-state index < -0.39 is 0 Å². The monoisotopic (exact) mass is 209 g/mol. The van der Waals surface area contributed by atoms with Gasteiger partial charge in [-0.2, -0.15) is 0 Å². The molecule has 0 aliphatic rings. The minimum absolute atomic E-state index is 0.120. The van der Waals surface area contributed by atoms with Gasteiger partial charge >= 0.3 is 0 Å². The third-order valence-corrected chi connectivity index (χ3v) is 2.36. The summed E-state index contributed by atoms with van der Waals surface area (Å²) in [7, 11) is 0. The van der Waals surface area contributed by atoms with Crippen molar-refractivity contribution in [2.24, 2.45) is 5.73 Å². The molecule has 2 nitrogen and oxygen atoms in total. The summed E-state index contributed by atoms with van der Waals surface area (Å²) < 4.78 is 12.9. The highest BCUT2D eigenvalue weighted by molar-refractivity contribution is 5.81. The summed E-state index contributed by atoms with van der Waals surface area (Å²) in [6, 6.07) is 4.53. The van der Waals surface area contributed by atoms with Gasteiger partial charge in [0.05, 0.1) is 0 Å². The van der Waals surface area contributed by atoms with Crippen molar-refractivity contribution in [1.29, 1.82) is 0 Å². The van der Waals surface area contributed by atoms with Gasteiger partial charge in [0, 0.05) is 12.8 Å². The molecule has 0 aliphatic heterocycles. The van der Waals surface area contributed by atoms with E-state index in [4.69, 9.17) is 5.73 Å². The molecule has 0 atom stereocenters. The van der Waals surface area contributed by atoms with Gasteiger partial charge in [0.2, 0.25) is 0 Å². The van der Waals surface area contributed by atoms with Gasteiger partial charge in [0.1, 0.15) is 11.6 Å². The molecule has 0 heterocycles. The van der Waals surface area contributed by atoms with Gasteiger partial charge in [-0.3, -0.25) is 4.79 Å². The second-order valence-electron chi connectivity index (χ2n) is 3.68. The van der Waals surface area contributed by atoms with Crippen LogP contribution in [-0.2, 0) is 11.2 Å². The highest BCUT2D eigenvalue weighted by atomic mass is 19.1. The van der Waals surface area contributed by atoms with Crippen molar-refractivity contribution in [3.8, 4) is 0 Å². The van der Waals surface area contributed by atoms with E-state index in [1.165, 1.54) is 12.1 Å². The second-order valence-corrected chi connectivity index (χ2v) is 3.68. The number of benzene rings is 1. The number of Topliss-reactive ketones (excluding diaryl/α,β-unsaturated/α-hetero) is 1. The van der Waals surface area contributed by atoms with Gasteiger partial charge in [-0.25, -0.2) is 4.39 Å². The SMILES string of the molecule is Cc1ccc(F)cc1CC(=O)CCCN. The molecular formula is C12H16FNO. The van der Waals surface area contributed by atoms with Crippen LogP contribution >= 0.6 is 0 Å². The summed E-state index contributed by atoms with van der Waals surface area (Å²) in [4.78, 5) is 11.5. The first-order chi connectivity index (χ1) is 7.13. The zero-order valence-corrected chi connectivity index (χ0v) is 8.92. The topological polar surface area (TPSA) is 43.1 Å². The smallest absolute Gasteiger partial charge is 0.137 e. The van der Waals surface area contributed by atoms with E-state index in [2.05, 4.69) is 0 Å². The van der Waals surface area contributed by atoms with Crippen LogP contribution in [0.3, 0.4) is 0 Å². The van der Waals surface area contributed by atoms with Crippen LogP contribution in [0, 0.1) is 12.7 Å². The molecule has 0 fully saturated rings. The number of carbonyl (C=O) groups excluding carboxylic acids is 1. The highest BCUT2D eigenvalue weighted by Crippen LogP contribution is 2.12. The van der Waals surface area contributed by atoms with Crippen molar-refractivity contribution < 1.29 is 9.18 Å². The molecule has 0 aromatic heterocycles. The van der Waals surface area contributed by atoms with Crippen LogP contribution in [0.4, 0.5) is 4.39 Å². The minimum Gasteiger partial charge on any atom is -0.330 e. The fourth-order valence-corrected chi connectivity index (χ4v) is 1.43. The van der Waals surface area contributed by atoms with E-state index in [9.17, 15) is 9.18 Å². The fourth-order valence-electron chi connectivity index (χ4n) is 1.43. The first-order valence-electron chi connectivity index (χ1n) is 5.10. The van der Waals surface area contributed by atoms with Gasteiger partial charge < -0.3 is 5.73 Å². The fraction of sp³-hybridized carbons (Fsp3) is 0.417. The Kier molecular flexibility index (Phi) is 4.43. The van der Waals surface area contributed by atoms with E-state index in [-0.39, 0.29) is 11.6 Å². The van der Waals surface area contributed by atoms with E-state index in [1.807, 2.05) is 6.92 Å². The molecule has 0 amide bonds. The van der Waals surface area contributed by atoms with Crippen LogP contribution in [0.25, 0.3) is 0 Å². The Morgan fingerprint density at radius 1 is 1.47 bits per heavy atom. The quantitative estimate of drug-likeness (QED) is 0.805. The number of hydrogen-bond acceptors (Lipinski definition) is 2. The molecule has 1 aromatic rings. The van der Waals surface area contributed by atoms with Crippen molar-refractivity contribution in [2.45, 2.75) is 26.2 Å².